The number of nitrogens with zero attached hydrogens (tertiary/aromatic N) is 3. The number of carboxylic acids is 1. The molecule has 1 fully saturated rings. The number of ether oxygens (including phenoxy) is 2. The summed E-state index contributed by atoms with van der Waals surface area (Å²) in [6.07, 6.45) is 6.22. The maximum Gasteiger partial charge on any atom is 0.322 e. The van der Waals surface area contributed by atoms with Gasteiger partial charge in [-0.2, -0.15) is 4.98 Å². The van der Waals surface area contributed by atoms with E-state index in [4.69, 9.17) is 20.3 Å². The number of methoxy groups -OCH3 is 2. The number of hydrogen-bond donors (Lipinski definition) is 5. The van der Waals surface area contributed by atoms with E-state index in [-0.39, 0.29) is 35.7 Å². The lowest BCUT2D eigenvalue weighted by Crippen LogP contribution is -2.36. The van der Waals surface area contributed by atoms with Crippen molar-refractivity contribution in [3.05, 3.63) is 36.2 Å². The Balaban J connectivity index is 1.51. The summed E-state index contributed by atoms with van der Waals surface area (Å²) in [5.41, 5.74) is 6.78. The molecule has 0 radical (unpaired) electrons. The van der Waals surface area contributed by atoms with Gasteiger partial charge in [0, 0.05) is 48.7 Å². The summed E-state index contributed by atoms with van der Waals surface area (Å²) in [7, 11) is 3.08. The average Bonchev–Trinajstić information content (AvgIpc) is 3.39. The van der Waals surface area contributed by atoms with Gasteiger partial charge in [0.2, 0.25) is 11.9 Å². The van der Waals surface area contributed by atoms with E-state index in [2.05, 4.69) is 25.9 Å². The molecule has 3 aromatic rings. The molecule has 4 rings (SSSR count). The van der Waals surface area contributed by atoms with Crippen LogP contribution >= 0.6 is 0 Å². The Hall–Kier alpha value is -4.55. The van der Waals surface area contributed by atoms with Crippen molar-refractivity contribution in [1.29, 1.82) is 0 Å². The highest BCUT2D eigenvalue weighted by molar-refractivity contribution is 6.04. The van der Waals surface area contributed by atoms with Gasteiger partial charge in [0.25, 0.3) is 5.91 Å². The molecule has 1 saturated carbocycles. The van der Waals surface area contributed by atoms with E-state index in [1.54, 1.807) is 49.2 Å². The Kier molecular flexibility index (Phi) is 8.14. The van der Waals surface area contributed by atoms with Crippen molar-refractivity contribution < 1.29 is 29.0 Å². The van der Waals surface area contributed by atoms with E-state index >= 15 is 0 Å². The van der Waals surface area contributed by atoms with Crippen LogP contribution in [0.5, 0.6) is 11.5 Å². The standard InChI is InChI=1S/C25H31N7O6/c1-37-17-9-16(10-18(11-17)38-2)30-22-20(21(26)35)23-27-7-8-32(23)25(31-22)29-12-14-3-5-15(6-4-14)24(36)28-13-19(33)34/h7-11,14-15,30H,3-6,12-13H2,1-2H3,(H2,26,35)(H,28,36)(H,29,31)(H,33,34). The normalized spacial score (nSPS) is 17.0. The smallest absolute Gasteiger partial charge is 0.322 e. The van der Waals surface area contributed by atoms with Gasteiger partial charge in [-0.15, -0.1) is 0 Å². The number of aliphatic carboxylic acids is 1. The highest BCUT2D eigenvalue weighted by Gasteiger charge is 2.27. The molecule has 6 N–H and O–H groups in total. The lowest BCUT2D eigenvalue weighted by molar-refractivity contribution is -0.138. The highest BCUT2D eigenvalue weighted by Crippen LogP contribution is 2.32. The zero-order chi connectivity index (χ0) is 27.2. The summed E-state index contributed by atoms with van der Waals surface area (Å²) in [6, 6.07) is 5.20. The summed E-state index contributed by atoms with van der Waals surface area (Å²) in [6.45, 7) is 0.221. The number of fused-ring (bicyclic) bond motifs is 1. The van der Waals surface area contributed by atoms with Crippen LogP contribution in [0.1, 0.15) is 36.0 Å². The molecule has 1 aliphatic carbocycles. The minimum absolute atomic E-state index is 0.134. The fourth-order valence-corrected chi connectivity index (χ4v) is 4.61. The number of imidazole rings is 1. The number of nitrogens with two attached hydrogens (primary N) is 1. The molecule has 2 heterocycles. The summed E-state index contributed by atoms with van der Waals surface area (Å²) < 4.78 is 12.3. The number of rotatable bonds is 11. The van der Waals surface area contributed by atoms with Crippen LogP contribution in [0.3, 0.4) is 0 Å². The van der Waals surface area contributed by atoms with Crippen molar-refractivity contribution in [3.8, 4) is 11.5 Å². The first-order valence-corrected chi connectivity index (χ1v) is 12.2. The van der Waals surface area contributed by atoms with Gasteiger partial charge in [0.15, 0.2) is 11.5 Å². The topological polar surface area (TPSA) is 182 Å². The van der Waals surface area contributed by atoms with Crippen molar-refractivity contribution in [2.24, 2.45) is 17.6 Å². The molecule has 0 unspecified atom stereocenters. The second-order valence-electron chi connectivity index (χ2n) is 9.08. The van der Waals surface area contributed by atoms with E-state index in [0.717, 1.165) is 12.8 Å². The molecule has 13 nitrogen and oxygen atoms in total. The minimum atomic E-state index is -1.06. The molecular weight excluding hydrogens is 494 g/mol. The van der Waals surface area contributed by atoms with Crippen LogP contribution < -0.4 is 31.2 Å². The number of carbonyl (C=O) groups is 3. The number of carbonyl (C=O) groups excluding carboxylic acids is 2. The Morgan fingerprint density at radius 3 is 2.39 bits per heavy atom. The zero-order valence-electron chi connectivity index (χ0n) is 21.2. The number of aromatic nitrogens is 3. The fourth-order valence-electron chi connectivity index (χ4n) is 4.61. The van der Waals surface area contributed by atoms with Gasteiger partial charge in [0.1, 0.15) is 23.6 Å². The Bertz CT molecular complexity index is 1310. The maximum atomic E-state index is 12.4. The van der Waals surface area contributed by atoms with Gasteiger partial charge >= 0.3 is 5.97 Å². The lowest BCUT2D eigenvalue weighted by Gasteiger charge is -2.28. The van der Waals surface area contributed by atoms with Crippen molar-refractivity contribution in [2.45, 2.75) is 25.7 Å². The number of nitrogens with one attached hydrogen (secondary N) is 3. The van der Waals surface area contributed by atoms with Crippen LogP contribution in [0.4, 0.5) is 17.5 Å². The second-order valence-corrected chi connectivity index (χ2v) is 9.08. The van der Waals surface area contributed by atoms with Crippen LogP contribution in [0.2, 0.25) is 0 Å². The van der Waals surface area contributed by atoms with Crippen LogP contribution in [0.15, 0.2) is 30.6 Å². The molecule has 1 aliphatic rings. The molecule has 13 heteroatoms. The van der Waals surface area contributed by atoms with Gasteiger partial charge < -0.3 is 36.3 Å². The minimum Gasteiger partial charge on any atom is -0.497 e. The molecule has 0 bridgehead atoms. The average molecular weight is 526 g/mol. The van der Waals surface area contributed by atoms with Crippen LogP contribution in [0.25, 0.3) is 5.65 Å². The van der Waals surface area contributed by atoms with Gasteiger partial charge in [-0.1, -0.05) is 0 Å². The number of amides is 2. The van der Waals surface area contributed by atoms with Gasteiger partial charge in [0.05, 0.1) is 14.2 Å². The van der Waals surface area contributed by atoms with Crippen molar-refractivity contribution in [1.82, 2.24) is 19.7 Å². The molecule has 0 aliphatic heterocycles. The van der Waals surface area contributed by atoms with Gasteiger partial charge in [-0.25, -0.2) is 4.98 Å². The molecular formula is C25H31N7O6. The fraction of sp³-hybridized carbons (Fsp3) is 0.400. The van der Waals surface area contributed by atoms with E-state index in [1.807, 2.05) is 0 Å². The molecule has 2 aromatic heterocycles. The lowest BCUT2D eigenvalue weighted by atomic mass is 9.81. The van der Waals surface area contributed by atoms with Crippen LogP contribution in [-0.2, 0) is 9.59 Å². The Morgan fingerprint density at radius 1 is 1.11 bits per heavy atom. The third-order valence-corrected chi connectivity index (χ3v) is 6.59. The summed E-state index contributed by atoms with van der Waals surface area (Å²) in [5.74, 6) is -0.0433. The van der Waals surface area contributed by atoms with E-state index in [0.29, 0.717) is 48.2 Å². The maximum absolute atomic E-state index is 12.4. The molecule has 0 atom stereocenters. The first-order chi connectivity index (χ1) is 18.3. The van der Waals surface area contributed by atoms with Crippen molar-refractivity contribution in [3.63, 3.8) is 0 Å². The molecule has 202 valence electrons. The van der Waals surface area contributed by atoms with Crippen molar-refractivity contribution >= 4 is 40.9 Å². The third kappa shape index (κ3) is 6.05. The zero-order valence-corrected chi connectivity index (χ0v) is 21.2. The van der Waals surface area contributed by atoms with Crippen LogP contribution in [-0.4, -0.2) is 64.6 Å². The van der Waals surface area contributed by atoms with Gasteiger partial charge in [-0.05, 0) is 31.6 Å². The molecule has 1 aromatic carbocycles. The van der Waals surface area contributed by atoms with E-state index < -0.39 is 11.9 Å². The summed E-state index contributed by atoms with van der Waals surface area (Å²) >= 11 is 0. The Morgan fingerprint density at radius 2 is 1.79 bits per heavy atom. The summed E-state index contributed by atoms with van der Waals surface area (Å²) in [5, 5.41) is 17.7. The first-order valence-electron chi connectivity index (χ1n) is 12.2. The molecule has 2 amide bonds. The highest BCUT2D eigenvalue weighted by atomic mass is 16.5. The molecule has 0 spiro atoms. The third-order valence-electron chi connectivity index (χ3n) is 6.59. The molecule has 38 heavy (non-hydrogen) atoms. The second kappa shape index (κ2) is 11.7. The van der Waals surface area contributed by atoms with Gasteiger partial charge in [-0.3, -0.25) is 18.8 Å². The number of benzene rings is 1. The largest absolute Gasteiger partial charge is 0.497 e. The van der Waals surface area contributed by atoms with Crippen molar-refractivity contribution in [2.75, 3.05) is 37.9 Å². The Labute approximate surface area is 218 Å². The predicted octanol–water partition coefficient (Wildman–Crippen LogP) is 2.01. The number of carboxylic acid groups (broad SMARTS) is 1. The quantitative estimate of drug-likeness (QED) is 0.248. The van der Waals surface area contributed by atoms with Crippen LogP contribution in [0, 0.1) is 11.8 Å². The van der Waals surface area contributed by atoms with E-state index in [9.17, 15) is 14.4 Å². The number of anilines is 3. The SMILES string of the molecule is COc1cc(Nc2nc(NCC3CCC(C(=O)NCC(=O)O)CC3)n3ccnc3c2C(N)=O)cc(OC)c1. The number of hydrogen-bond acceptors (Lipinski definition) is 9. The predicted molar refractivity (Wildman–Crippen MR) is 139 cm³/mol. The molecule has 0 saturated heterocycles. The first kappa shape index (κ1) is 26.5. The number of primary amides is 1. The van der Waals surface area contributed by atoms with E-state index in [1.165, 1.54) is 0 Å². The summed E-state index contributed by atoms with van der Waals surface area (Å²) in [4.78, 5) is 44.3. The monoisotopic (exact) mass is 525 g/mol.